The fourth-order valence-electron chi connectivity index (χ4n) is 2.05. The second-order valence-electron chi connectivity index (χ2n) is 5.42. The zero-order valence-electron chi connectivity index (χ0n) is 12.9. The summed E-state index contributed by atoms with van der Waals surface area (Å²) >= 11 is 3.48. The van der Waals surface area contributed by atoms with Gasteiger partial charge in [0.25, 0.3) is 0 Å². The number of rotatable bonds is 8. The molecule has 5 heteroatoms. The average molecular weight is 355 g/mol. The van der Waals surface area contributed by atoms with Crippen LogP contribution in [0.4, 0.5) is 0 Å². The molecule has 21 heavy (non-hydrogen) atoms. The lowest BCUT2D eigenvalue weighted by Crippen LogP contribution is -2.25. The van der Waals surface area contributed by atoms with Crippen LogP contribution in [0, 0.1) is 0 Å². The fourth-order valence-corrected chi connectivity index (χ4v) is 2.42. The SMILES string of the molecule is CC(NCCOCCN(C)C)c1cc2cc(Br)ccc2o1. The minimum Gasteiger partial charge on any atom is -0.459 e. The molecule has 116 valence electrons. The molecule has 1 N–H and O–H groups in total. The number of hydrogen-bond donors (Lipinski definition) is 1. The van der Waals surface area contributed by atoms with Crippen LogP contribution in [0.3, 0.4) is 0 Å². The summed E-state index contributed by atoms with van der Waals surface area (Å²) in [7, 11) is 4.09. The second kappa shape index (κ2) is 7.94. The predicted molar refractivity (Wildman–Crippen MR) is 89.7 cm³/mol. The van der Waals surface area contributed by atoms with Gasteiger partial charge in [0.15, 0.2) is 0 Å². The highest BCUT2D eigenvalue weighted by Gasteiger charge is 2.11. The smallest absolute Gasteiger partial charge is 0.134 e. The van der Waals surface area contributed by atoms with Gasteiger partial charge < -0.3 is 19.4 Å². The Morgan fingerprint density at radius 1 is 1.29 bits per heavy atom. The van der Waals surface area contributed by atoms with Crippen LogP contribution in [-0.4, -0.2) is 45.3 Å². The lowest BCUT2D eigenvalue weighted by molar-refractivity contribution is 0.117. The van der Waals surface area contributed by atoms with Crippen molar-refractivity contribution in [1.82, 2.24) is 10.2 Å². The Bertz CT molecular complexity index is 568. The molecule has 4 nitrogen and oxygen atoms in total. The first-order chi connectivity index (χ1) is 10.1. The number of hydrogen-bond acceptors (Lipinski definition) is 4. The van der Waals surface area contributed by atoms with Crippen molar-refractivity contribution in [3.05, 3.63) is 34.5 Å². The van der Waals surface area contributed by atoms with Crippen LogP contribution in [0.1, 0.15) is 18.7 Å². The molecular formula is C16H23BrN2O2. The summed E-state index contributed by atoms with van der Waals surface area (Å²) in [5.41, 5.74) is 0.920. The Kier molecular flexibility index (Phi) is 6.23. The molecule has 1 aromatic heterocycles. The Balaban J connectivity index is 1.78. The zero-order chi connectivity index (χ0) is 15.2. The summed E-state index contributed by atoms with van der Waals surface area (Å²) in [5, 5.41) is 4.54. The number of furan rings is 1. The molecule has 0 spiro atoms. The maximum Gasteiger partial charge on any atom is 0.134 e. The molecule has 0 amide bonds. The second-order valence-corrected chi connectivity index (χ2v) is 6.34. The van der Waals surface area contributed by atoms with Crippen molar-refractivity contribution in [3.63, 3.8) is 0 Å². The third-order valence-corrected chi connectivity index (χ3v) is 3.80. The van der Waals surface area contributed by atoms with Gasteiger partial charge in [0.2, 0.25) is 0 Å². The molecule has 0 saturated heterocycles. The minimum atomic E-state index is 0.175. The largest absolute Gasteiger partial charge is 0.459 e. The van der Waals surface area contributed by atoms with Crippen LogP contribution in [0.25, 0.3) is 11.0 Å². The predicted octanol–water partition coefficient (Wildman–Crippen LogP) is 3.42. The summed E-state index contributed by atoms with van der Waals surface area (Å²) in [6.07, 6.45) is 0. The summed E-state index contributed by atoms with van der Waals surface area (Å²) in [6.45, 7) is 5.35. The highest BCUT2D eigenvalue weighted by Crippen LogP contribution is 2.26. The molecule has 0 radical (unpaired) electrons. The molecule has 1 heterocycles. The van der Waals surface area contributed by atoms with Gasteiger partial charge in [-0.3, -0.25) is 0 Å². The van der Waals surface area contributed by atoms with Gasteiger partial charge in [-0.1, -0.05) is 15.9 Å². The lowest BCUT2D eigenvalue weighted by atomic mass is 10.2. The number of nitrogens with zero attached hydrogens (tertiary/aromatic N) is 1. The Hall–Kier alpha value is -0.880. The number of benzene rings is 1. The molecule has 0 saturated carbocycles. The van der Waals surface area contributed by atoms with E-state index in [1.54, 1.807) is 0 Å². The summed E-state index contributed by atoms with van der Waals surface area (Å²) in [4.78, 5) is 2.11. The Morgan fingerprint density at radius 3 is 2.86 bits per heavy atom. The number of likely N-dealkylation sites (N-methyl/N-ethyl adjacent to an activating group) is 1. The van der Waals surface area contributed by atoms with Gasteiger partial charge in [-0.25, -0.2) is 0 Å². The van der Waals surface area contributed by atoms with Crippen LogP contribution in [0.15, 0.2) is 33.2 Å². The first-order valence-corrected chi connectivity index (χ1v) is 8.00. The van der Waals surface area contributed by atoms with Crippen molar-refractivity contribution < 1.29 is 9.15 Å². The first kappa shape index (κ1) is 16.5. The van der Waals surface area contributed by atoms with Crippen LogP contribution in [0.5, 0.6) is 0 Å². The van der Waals surface area contributed by atoms with Crippen molar-refractivity contribution in [2.45, 2.75) is 13.0 Å². The van der Waals surface area contributed by atoms with Gasteiger partial charge in [0.1, 0.15) is 11.3 Å². The molecule has 0 aliphatic rings. The van der Waals surface area contributed by atoms with E-state index >= 15 is 0 Å². The summed E-state index contributed by atoms with van der Waals surface area (Å²) in [5.74, 6) is 0.955. The highest BCUT2D eigenvalue weighted by molar-refractivity contribution is 9.10. The minimum absolute atomic E-state index is 0.175. The monoisotopic (exact) mass is 354 g/mol. The third kappa shape index (κ3) is 5.11. The molecule has 2 aromatic rings. The van der Waals surface area contributed by atoms with Crippen molar-refractivity contribution >= 4 is 26.9 Å². The van der Waals surface area contributed by atoms with E-state index < -0.39 is 0 Å². The number of halogens is 1. The Morgan fingerprint density at radius 2 is 2.10 bits per heavy atom. The number of ether oxygens (including phenoxy) is 1. The molecule has 1 unspecified atom stereocenters. The third-order valence-electron chi connectivity index (χ3n) is 3.30. The maximum absolute atomic E-state index is 5.86. The van der Waals surface area contributed by atoms with E-state index in [1.165, 1.54) is 0 Å². The van der Waals surface area contributed by atoms with Crippen molar-refractivity contribution in [3.8, 4) is 0 Å². The molecule has 0 aliphatic heterocycles. The van der Waals surface area contributed by atoms with Gasteiger partial charge >= 0.3 is 0 Å². The van der Waals surface area contributed by atoms with Crippen LogP contribution in [-0.2, 0) is 4.74 Å². The molecule has 1 aromatic carbocycles. The maximum atomic E-state index is 5.86. The van der Waals surface area contributed by atoms with E-state index in [-0.39, 0.29) is 6.04 Å². The van der Waals surface area contributed by atoms with Gasteiger partial charge in [-0.15, -0.1) is 0 Å². The standard InChI is InChI=1S/C16H23BrN2O2/c1-12(18-6-8-20-9-7-19(2)3)16-11-13-10-14(17)4-5-15(13)21-16/h4-5,10-12,18H,6-9H2,1-3H3. The molecular weight excluding hydrogens is 332 g/mol. The van der Waals surface area contributed by atoms with E-state index in [2.05, 4.69) is 45.2 Å². The molecule has 2 rings (SSSR count). The van der Waals surface area contributed by atoms with Gasteiger partial charge in [0.05, 0.1) is 19.3 Å². The molecule has 0 aliphatic carbocycles. The summed E-state index contributed by atoms with van der Waals surface area (Å²) < 4.78 is 12.5. The van der Waals surface area contributed by atoms with Crippen molar-refractivity contribution in [2.24, 2.45) is 0 Å². The average Bonchev–Trinajstić information content (AvgIpc) is 2.85. The summed E-state index contributed by atoms with van der Waals surface area (Å²) in [6, 6.07) is 8.31. The molecule has 0 fully saturated rings. The number of fused-ring (bicyclic) bond motifs is 1. The quantitative estimate of drug-likeness (QED) is 0.737. The normalized spacial score (nSPS) is 13.2. The van der Waals surface area contributed by atoms with Crippen LogP contribution < -0.4 is 5.32 Å². The van der Waals surface area contributed by atoms with E-state index in [4.69, 9.17) is 9.15 Å². The van der Waals surface area contributed by atoms with Crippen LogP contribution in [0.2, 0.25) is 0 Å². The topological polar surface area (TPSA) is 37.6 Å². The van der Waals surface area contributed by atoms with Gasteiger partial charge in [0, 0.05) is 22.9 Å². The van der Waals surface area contributed by atoms with Crippen molar-refractivity contribution in [2.75, 3.05) is 40.4 Å². The van der Waals surface area contributed by atoms with E-state index in [0.717, 1.165) is 40.9 Å². The van der Waals surface area contributed by atoms with Gasteiger partial charge in [-0.05, 0) is 45.3 Å². The fraction of sp³-hybridized carbons (Fsp3) is 0.500. The lowest BCUT2D eigenvalue weighted by Gasteiger charge is -2.12. The van der Waals surface area contributed by atoms with E-state index in [9.17, 15) is 0 Å². The van der Waals surface area contributed by atoms with Crippen LogP contribution >= 0.6 is 15.9 Å². The van der Waals surface area contributed by atoms with E-state index in [0.29, 0.717) is 6.61 Å². The van der Waals surface area contributed by atoms with Gasteiger partial charge in [-0.2, -0.15) is 0 Å². The van der Waals surface area contributed by atoms with Crippen molar-refractivity contribution in [1.29, 1.82) is 0 Å². The zero-order valence-corrected chi connectivity index (χ0v) is 14.4. The molecule has 1 atom stereocenters. The first-order valence-electron chi connectivity index (χ1n) is 7.21. The van der Waals surface area contributed by atoms with E-state index in [1.807, 2.05) is 26.2 Å². The molecule has 0 bridgehead atoms. The number of nitrogens with one attached hydrogen (secondary N) is 1. The highest BCUT2D eigenvalue weighted by atomic mass is 79.9. The Labute approximate surface area is 134 Å².